The Labute approximate surface area is 87.1 Å². The highest BCUT2D eigenvalue weighted by Crippen LogP contribution is 2.56. The van der Waals surface area contributed by atoms with Gasteiger partial charge in [-0.05, 0) is 50.9 Å². The molecule has 76 valence electrons. The van der Waals surface area contributed by atoms with Gasteiger partial charge < -0.3 is 0 Å². The summed E-state index contributed by atoms with van der Waals surface area (Å²) in [4.78, 5) is 0. The summed E-state index contributed by atoms with van der Waals surface area (Å²) in [7, 11) is 0. The summed E-state index contributed by atoms with van der Waals surface area (Å²) in [5.74, 6) is 2.82. The Morgan fingerprint density at radius 3 is 2.86 bits per heavy atom. The predicted octanol–water partition coefficient (Wildman–Crippen LogP) is 4.09. The molecule has 0 N–H and O–H groups in total. The van der Waals surface area contributed by atoms with Gasteiger partial charge in [0.1, 0.15) is 0 Å². The summed E-state index contributed by atoms with van der Waals surface area (Å²) in [6, 6.07) is 0. The zero-order valence-electron chi connectivity index (χ0n) is 9.34. The highest BCUT2D eigenvalue weighted by molar-refractivity contribution is 5.40. The first-order valence-corrected chi connectivity index (χ1v) is 6.16. The van der Waals surface area contributed by atoms with Crippen molar-refractivity contribution < 1.29 is 0 Å². The summed E-state index contributed by atoms with van der Waals surface area (Å²) in [5.41, 5.74) is 5.51. The van der Waals surface area contributed by atoms with E-state index in [1.807, 2.05) is 11.1 Å². The molecule has 3 aliphatic carbocycles. The minimum absolute atomic E-state index is 0.896. The van der Waals surface area contributed by atoms with Gasteiger partial charge in [0.2, 0.25) is 0 Å². The second-order valence-corrected chi connectivity index (χ2v) is 5.45. The molecule has 0 nitrogen and oxygen atoms in total. The maximum atomic E-state index is 2.42. The lowest BCUT2D eigenvalue weighted by molar-refractivity contribution is 0.464. The van der Waals surface area contributed by atoms with Crippen LogP contribution in [0.3, 0.4) is 0 Å². The number of fused-ring (bicyclic) bond motifs is 4. The summed E-state index contributed by atoms with van der Waals surface area (Å²) >= 11 is 0. The highest BCUT2D eigenvalue weighted by Gasteiger charge is 2.42. The van der Waals surface area contributed by atoms with E-state index in [1.165, 1.54) is 32.1 Å². The van der Waals surface area contributed by atoms with E-state index in [4.69, 9.17) is 0 Å². The standard InChI is InChI=1S/C14H20/c1-3-10-7-11-8-14(10)12-5-4-9(2)6-13(11)12/h3,9,11,14H,4-8H2,1-2H3. The molecule has 3 atom stereocenters. The van der Waals surface area contributed by atoms with Crippen molar-refractivity contribution in [3.05, 3.63) is 22.8 Å². The first-order chi connectivity index (χ1) is 6.79. The largest absolute Gasteiger partial charge is 0.0878 e. The molecular formula is C14H20. The topological polar surface area (TPSA) is 0 Å². The Kier molecular flexibility index (Phi) is 1.87. The lowest BCUT2D eigenvalue weighted by atomic mass is 9.76. The lowest BCUT2D eigenvalue weighted by Gasteiger charge is -2.29. The molecule has 1 saturated carbocycles. The van der Waals surface area contributed by atoms with Crippen LogP contribution in [0.4, 0.5) is 0 Å². The van der Waals surface area contributed by atoms with E-state index in [2.05, 4.69) is 19.9 Å². The smallest absolute Gasteiger partial charge is 0.00156 e. The third-order valence-corrected chi connectivity index (χ3v) is 4.62. The van der Waals surface area contributed by atoms with Crippen LogP contribution < -0.4 is 0 Å². The van der Waals surface area contributed by atoms with Gasteiger partial charge in [0, 0.05) is 5.92 Å². The van der Waals surface area contributed by atoms with Gasteiger partial charge in [0.15, 0.2) is 0 Å². The van der Waals surface area contributed by atoms with Crippen LogP contribution in [0, 0.1) is 17.8 Å². The van der Waals surface area contributed by atoms with Crippen molar-refractivity contribution in [3.8, 4) is 0 Å². The van der Waals surface area contributed by atoms with Gasteiger partial charge in [-0.15, -0.1) is 0 Å². The number of hydrogen-bond donors (Lipinski definition) is 0. The molecular weight excluding hydrogens is 168 g/mol. The second-order valence-electron chi connectivity index (χ2n) is 5.45. The Balaban J connectivity index is 1.96. The molecule has 0 heteroatoms. The van der Waals surface area contributed by atoms with Gasteiger partial charge in [-0.3, -0.25) is 0 Å². The number of hydrogen-bond acceptors (Lipinski definition) is 0. The first-order valence-electron chi connectivity index (χ1n) is 6.16. The Morgan fingerprint density at radius 2 is 2.07 bits per heavy atom. The van der Waals surface area contributed by atoms with Crippen molar-refractivity contribution in [2.45, 2.75) is 46.0 Å². The van der Waals surface area contributed by atoms with Crippen molar-refractivity contribution in [1.82, 2.24) is 0 Å². The minimum Gasteiger partial charge on any atom is -0.0878 e. The molecule has 0 heterocycles. The predicted molar refractivity (Wildman–Crippen MR) is 60.0 cm³/mol. The van der Waals surface area contributed by atoms with Crippen LogP contribution >= 0.6 is 0 Å². The van der Waals surface area contributed by atoms with Crippen LogP contribution in [-0.4, -0.2) is 0 Å². The van der Waals surface area contributed by atoms with Gasteiger partial charge >= 0.3 is 0 Å². The van der Waals surface area contributed by atoms with Crippen molar-refractivity contribution in [3.63, 3.8) is 0 Å². The molecule has 0 aliphatic heterocycles. The summed E-state index contributed by atoms with van der Waals surface area (Å²) in [6.45, 7) is 4.65. The summed E-state index contributed by atoms with van der Waals surface area (Å²) < 4.78 is 0. The SMILES string of the molecule is CC=C1CC2CC1C1=C2CC(C)CC1. The molecule has 0 aromatic heterocycles. The first kappa shape index (κ1) is 8.76. The zero-order valence-corrected chi connectivity index (χ0v) is 9.34. The van der Waals surface area contributed by atoms with Gasteiger partial charge in [0.05, 0.1) is 0 Å². The fraction of sp³-hybridized carbons (Fsp3) is 0.714. The van der Waals surface area contributed by atoms with Crippen molar-refractivity contribution in [1.29, 1.82) is 0 Å². The van der Waals surface area contributed by atoms with Crippen LogP contribution in [0.1, 0.15) is 46.0 Å². The van der Waals surface area contributed by atoms with E-state index in [9.17, 15) is 0 Å². The van der Waals surface area contributed by atoms with E-state index < -0.39 is 0 Å². The van der Waals surface area contributed by atoms with Crippen molar-refractivity contribution in [2.24, 2.45) is 17.8 Å². The highest BCUT2D eigenvalue weighted by atomic mass is 14.5. The van der Waals surface area contributed by atoms with E-state index in [-0.39, 0.29) is 0 Å². The third kappa shape index (κ3) is 1.06. The molecule has 2 bridgehead atoms. The van der Waals surface area contributed by atoms with Gasteiger partial charge in [0.25, 0.3) is 0 Å². The van der Waals surface area contributed by atoms with Crippen molar-refractivity contribution in [2.75, 3.05) is 0 Å². The van der Waals surface area contributed by atoms with Crippen LogP contribution in [0.25, 0.3) is 0 Å². The molecule has 0 spiro atoms. The summed E-state index contributed by atoms with van der Waals surface area (Å²) in [5, 5.41) is 0. The third-order valence-electron chi connectivity index (χ3n) is 4.62. The van der Waals surface area contributed by atoms with E-state index in [1.54, 1.807) is 5.57 Å². The average molecular weight is 188 g/mol. The van der Waals surface area contributed by atoms with Gasteiger partial charge in [-0.1, -0.05) is 29.7 Å². The molecule has 3 rings (SSSR count). The molecule has 3 aliphatic rings. The molecule has 0 saturated heterocycles. The quantitative estimate of drug-likeness (QED) is 0.502. The van der Waals surface area contributed by atoms with Crippen LogP contribution in [-0.2, 0) is 0 Å². The van der Waals surface area contributed by atoms with Gasteiger partial charge in [-0.25, -0.2) is 0 Å². The molecule has 3 unspecified atom stereocenters. The Bertz CT molecular complexity index is 319. The molecule has 1 fully saturated rings. The average Bonchev–Trinajstić information content (AvgIpc) is 2.74. The number of rotatable bonds is 0. The summed E-state index contributed by atoms with van der Waals surface area (Å²) in [6.07, 6.45) is 9.53. The molecule has 14 heavy (non-hydrogen) atoms. The monoisotopic (exact) mass is 188 g/mol. The Morgan fingerprint density at radius 1 is 1.21 bits per heavy atom. The maximum Gasteiger partial charge on any atom is 0.00156 e. The van der Waals surface area contributed by atoms with Gasteiger partial charge in [-0.2, -0.15) is 0 Å². The normalized spacial score (nSPS) is 43.6. The minimum atomic E-state index is 0.896. The molecule has 0 aromatic carbocycles. The fourth-order valence-corrected chi connectivity index (χ4v) is 3.89. The van der Waals surface area contributed by atoms with Crippen molar-refractivity contribution >= 4 is 0 Å². The maximum absolute atomic E-state index is 2.42. The molecule has 0 radical (unpaired) electrons. The van der Waals surface area contributed by atoms with E-state index >= 15 is 0 Å². The second kappa shape index (κ2) is 2.98. The molecule has 0 aromatic rings. The molecule has 0 amide bonds. The van der Waals surface area contributed by atoms with Crippen LogP contribution in [0.5, 0.6) is 0 Å². The Hall–Kier alpha value is -0.520. The lowest BCUT2D eigenvalue weighted by Crippen LogP contribution is -2.14. The van der Waals surface area contributed by atoms with Crippen LogP contribution in [0.2, 0.25) is 0 Å². The van der Waals surface area contributed by atoms with E-state index in [0.29, 0.717) is 0 Å². The zero-order chi connectivity index (χ0) is 9.71. The number of allylic oxidation sites excluding steroid dienone is 4. The van der Waals surface area contributed by atoms with Crippen LogP contribution in [0.15, 0.2) is 22.8 Å². The van der Waals surface area contributed by atoms with E-state index in [0.717, 1.165) is 17.8 Å². The fourth-order valence-electron chi connectivity index (χ4n) is 3.89.